The molecule has 1 atom stereocenters. The summed E-state index contributed by atoms with van der Waals surface area (Å²) in [5, 5.41) is 0.595. The first-order chi connectivity index (χ1) is 12.3. The summed E-state index contributed by atoms with van der Waals surface area (Å²) in [6.45, 7) is 2.21. The highest BCUT2D eigenvalue weighted by molar-refractivity contribution is 6.36. The minimum atomic E-state index is -0.702. The number of rotatable bonds is 2. The molecule has 0 aliphatic carbocycles. The standard InChI is InChI=1S/C18H14Cl3FN2O2/c1-10-17(25)24(12-3-5-16(22)15(21)9-12)7-6-23(10)18(26)13-4-2-11(19)8-14(13)20/h2-5,8-10H,6-7H2,1H3/t10-/m0/s1. The molecule has 0 aromatic heterocycles. The maximum absolute atomic E-state index is 13.4. The van der Waals surface area contributed by atoms with Gasteiger partial charge >= 0.3 is 0 Å². The lowest BCUT2D eigenvalue weighted by molar-refractivity contribution is -0.124. The van der Waals surface area contributed by atoms with Crippen LogP contribution in [0.2, 0.25) is 15.1 Å². The lowest BCUT2D eigenvalue weighted by Crippen LogP contribution is -2.57. The Bertz CT molecular complexity index is 891. The van der Waals surface area contributed by atoms with Gasteiger partial charge in [-0.1, -0.05) is 34.8 Å². The molecule has 0 unspecified atom stereocenters. The van der Waals surface area contributed by atoms with E-state index in [9.17, 15) is 14.0 Å². The van der Waals surface area contributed by atoms with Crippen molar-refractivity contribution in [2.24, 2.45) is 0 Å². The van der Waals surface area contributed by atoms with Gasteiger partial charge in [0.1, 0.15) is 11.9 Å². The molecule has 0 radical (unpaired) electrons. The van der Waals surface area contributed by atoms with Crippen molar-refractivity contribution in [1.82, 2.24) is 4.90 Å². The zero-order chi connectivity index (χ0) is 19.0. The molecule has 1 aliphatic heterocycles. The second kappa shape index (κ2) is 7.43. The Balaban J connectivity index is 1.83. The van der Waals surface area contributed by atoms with Crippen LogP contribution in [0.4, 0.5) is 10.1 Å². The van der Waals surface area contributed by atoms with Crippen LogP contribution in [0.5, 0.6) is 0 Å². The van der Waals surface area contributed by atoms with E-state index in [0.29, 0.717) is 17.3 Å². The summed E-state index contributed by atoms with van der Waals surface area (Å²) in [4.78, 5) is 28.5. The number of hydrogen-bond acceptors (Lipinski definition) is 2. The number of carbonyl (C=O) groups is 2. The average molecular weight is 416 g/mol. The molecule has 136 valence electrons. The zero-order valence-corrected chi connectivity index (χ0v) is 15.9. The largest absolute Gasteiger partial charge is 0.325 e. The van der Waals surface area contributed by atoms with E-state index in [2.05, 4.69) is 0 Å². The molecule has 1 aliphatic rings. The van der Waals surface area contributed by atoms with Crippen molar-refractivity contribution in [1.29, 1.82) is 0 Å². The van der Waals surface area contributed by atoms with Gasteiger partial charge in [0.15, 0.2) is 0 Å². The highest BCUT2D eigenvalue weighted by atomic mass is 35.5. The van der Waals surface area contributed by atoms with Crippen LogP contribution in [0.3, 0.4) is 0 Å². The van der Waals surface area contributed by atoms with Crippen molar-refractivity contribution in [3.63, 3.8) is 0 Å². The van der Waals surface area contributed by atoms with Crippen molar-refractivity contribution >= 4 is 52.3 Å². The molecule has 0 spiro atoms. The first kappa shape index (κ1) is 19.0. The zero-order valence-electron chi connectivity index (χ0n) is 13.7. The Kier molecular flexibility index (Phi) is 5.42. The highest BCUT2D eigenvalue weighted by Gasteiger charge is 2.36. The van der Waals surface area contributed by atoms with Gasteiger partial charge in [-0.3, -0.25) is 9.59 Å². The first-order valence-corrected chi connectivity index (χ1v) is 8.95. The lowest BCUT2D eigenvalue weighted by atomic mass is 10.1. The molecule has 0 saturated carbocycles. The number of benzene rings is 2. The number of carbonyl (C=O) groups excluding carboxylic acids is 2. The van der Waals surface area contributed by atoms with Crippen LogP contribution in [-0.2, 0) is 4.79 Å². The van der Waals surface area contributed by atoms with E-state index in [-0.39, 0.29) is 34.0 Å². The fraction of sp³-hybridized carbons (Fsp3) is 0.222. The van der Waals surface area contributed by atoms with Crippen LogP contribution in [0.1, 0.15) is 17.3 Å². The van der Waals surface area contributed by atoms with Crippen molar-refractivity contribution in [2.75, 3.05) is 18.0 Å². The van der Waals surface area contributed by atoms with Gasteiger partial charge in [-0.15, -0.1) is 0 Å². The molecule has 2 aromatic carbocycles. The third-order valence-electron chi connectivity index (χ3n) is 4.29. The van der Waals surface area contributed by atoms with Crippen molar-refractivity contribution in [3.05, 3.63) is 62.8 Å². The van der Waals surface area contributed by atoms with Crippen molar-refractivity contribution in [2.45, 2.75) is 13.0 Å². The van der Waals surface area contributed by atoms with Gasteiger partial charge in [-0.2, -0.15) is 0 Å². The Labute approximate surface area is 165 Å². The van der Waals surface area contributed by atoms with Crippen LogP contribution in [0.25, 0.3) is 0 Å². The van der Waals surface area contributed by atoms with Gasteiger partial charge in [0.25, 0.3) is 5.91 Å². The molecule has 2 aromatic rings. The molecule has 0 N–H and O–H groups in total. The predicted molar refractivity (Wildman–Crippen MR) is 101 cm³/mol. The Hall–Kier alpha value is -1.82. The van der Waals surface area contributed by atoms with Crippen LogP contribution in [0.15, 0.2) is 36.4 Å². The molecular weight excluding hydrogens is 402 g/mol. The van der Waals surface area contributed by atoms with E-state index >= 15 is 0 Å². The van der Waals surface area contributed by atoms with E-state index in [4.69, 9.17) is 34.8 Å². The molecule has 1 saturated heterocycles. The van der Waals surface area contributed by atoms with Gasteiger partial charge in [-0.25, -0.2) is 4.39 Å². The molecule has 26 heavy (non-hydrogen) atoms. The van der Waals surface area contributed by atoms with Crippen LogP contribution in [0, 0.1) is 5.82 Å². The quantitative estimate of drug-likeness (QED) is 0.715. The summed E-state index contributed by atoms with van der Waals surface area (Å²) in [7, 11) is 0. The average Bonchev–Trinajstić information content (AvgIpc) is 2.59. The SMILES string of the molecule is C[C@H]1C(=O)N(c2ccc(F)c(Cl)c2)CCN1C(=O)c1ccc(Cl)cc1Cl. The van der Waals surface area contributed by atoms with E-state index in [1.165, 1.54) is 40.1 Å². The first-order valence-electron chi connectivity index (χ1n) is 7.82. The number of hydrogen-bond donors (Lipinski definition) is 0. The highest BCUT2D eigenvalue weighted by Crippen LogP contribution is 2.28. The van der Waals surface area contributed by atoms with Gasteiger partial charge in [0.2, 0.25) is 5.91 Å². The fourth-order valence-electron chi connectivity index (χ4n) is 2.87. The number of piperazine rings is 1. The summed E-state index contributed by atoms with van der Waals surface area (Å²) in [6.07, 6.45) is 0. The van der Waals surface area contributed by atoms with Crippen LogP contribution >= 0.6 is 34.8 Å². The molecule has 2 amide bonds. The minimum absolute atomic E-state index is 0.0607. The predicted octanol–water partition coefficient (Wildman–Crippen LogP) is 4.66. The van der Waals surface area contributed by atoms with Gasteiger partial charge in [0.05, 0.1) is 15.6 Å². The van der Waals surface area contributed by atoms with Gasteiger partial charge in [0, 0.05) is 23.8 Å². The van der Waals surface area contributed by atoms with Crippen molar-refractivity contribution < 1.29 is 14.0 Å². The number of amides is 2. The van der Waals surface area contributed by atoms with Gasteiger partial charge in [-0.05, 0) is 43.3 Å². The molecule has 1 fully saturated rings. The molecule has 0 bridgehead atoms. The topological polar surface area (TPSA) is 40.6 Å². The molecule has 1 heterocycles. The van der Waals surface area contributed by atoms with E-state index in [1.807, 2.05) is 0 Å². The lowest BCUT2D eigenvalue weighted by Gasteiger charge is -2.39. The second-order valence-corrected chi connectivity index (χ2v) is 7.14. The Morgan fingerprint density at radius 1 is 1.08 bits per heavy atom. The summed E-state index contributed by atoms with van der Waals surface area (Å²) >= 11 is 17.8. The minimum Gasteiger partial charge on any atom is -0.325 e. The van der Waals surface area contributed by atoms with Crippen LogP contribution in [-0.4, -0.2) is 35.8 Å². The van der Waals surface area contributed by atoms with E-state index < -0.39 is 11.9 Å². The Morgan fingerprint density at radius 3 is 2.46 bits per heavy atom. The van der Waals surface area contributed by atoms with E-state index in [1.54, 1.807) is 13.0 Å². The molecule has 8 heteroatoms. The smallest absolute Gasteiger partial charge is 0.256 e. The van der Waals surface area contributed by atoms with Crippen LogP contribution < -0.4 is 4.90 Å². The summed E-state index contributed by atoms with van der Waals surface area (Å²) < 4.78 is 13.4. The number of anilines is 1. The normalized spacial score (nSPS) is 17.6. The molecular formula is C18H14Cl3FN2O2. The third kappa shape index (κ3) is 3.52. The summed E-state index contributed by atoms with van der Waals surface area (Å²) in [6, 6.07) is 7.99. The van der Waals surface area contributed by atoms with Crippen molar-refractivity contribution in [3.8, 4) is 0 Å². The molecule has 4 nitrogen and oxygen atoms in total. The third-order valence-corrected chi connectivity index (χ3v) is 5.13. The fourth-order valence-corrected chi connectivity index (χ4v) is 3.54. The maximum Gasteiger partial charge on any atom is 0.256 e. The van der Waals surface area contributed by atoms with Gasteiger partial charge < -0.3 is 9.80 Å². The monoisotopic (exact) mass is 414 g/mol. The maximum atomic E-state index is 13.4. The summed E-state index contributed by atoms with van der Waals surface area (Å²) in [5.41, 5.74) is 0.777. The molecule has 3 rings (SSSR count). The summed E-state index contributed by atoms with van der Waals surface area (Å²) in [5.74, 6) is -1.18. The Morgan fingerprint density at radius 2 is 1.81 bits per heavy atom. The second-order valence-electron chi connectivity index (χ2n) is 5.89. The van der Waals surface area contributed by atoms with E-state index in [0.717, 1.165) is 0 Å². The number of halogens is 4. The number of nitrogens with zero attached hydrogens (tertiary/aromatic N) is 2.